The predicted molar refractivity (Wildman–Crippen MR) is 109 cm³/mol. The molecule has 2 fully saturated rings. The van der Waals surface area contributed by atoms with Gasteiger partial charge in [0.25, 0.3) is 5.88 Å². The van der Waals surface area contributed by atoms with Crippen LogP contribution in [0.15, 0.2) is 28.9 Å². The summed E-state index contributed by atoms with van der Waals surface area (Å²) in [6.07, 6.45) is 3.63. The second-order valence-corrected chi connectivity index (χ2v) is 8.15. The molecule has 1 saturated heterocycles. The number of fused-ring (bicyclic) bond motifs is 1. The summed E-state index contributed by atoms with van der Waals surface area (Å²) >= 11 is 0. The van der Waals surface area contributed by atoms with Crippen LogP contribution in [0, 0.1) is 12.8 Å². The van der Waals surface area contributed by atoms with Crippen LogP contribution < -0.4 is 10.1 Å². The molecule has 9 heteroatoms. The van der Waals surface area contributed by atoms with E-state index >= 15 is 0 Å². The van der Waals surface area contributed by atoms with E-state index in [1.165, 1.54) is 0 Å². The number of aryl methyl sites for hydroxylation is 1. The lowest BCUT2D eigenvalue weighted by Gasteiger charge is -2.17. The molecular weight excluding hydrogens is 386 g/mol. The van der Waals surface area contributed by atoms with Gasteiger partial charge in [-0.05, 0) is 49.7 Å². The van der Waals surface area contributed by atoms with Crippen molar-refractivity contribution in [3.8, 4) is 17.0 Å². The second kappa shape index (κ2) is 7.41. The van der Waals surface area contributed by atoms with Crippen molar-refractivity contribution >= 4 is 17.2 Å². The first-order valence-corrected chi connectivity index (χ1v) is 10.2. The summed E-state index contributed by atoms with van der Waals surface area (Å²) in [5, 5.41) is 11.5. The predicted octanol–water partition coefficient (Wildman–Crippen LogP) is 2.35. The van der Waals surface area contributed by atoms with Crippen molar-refractivity contribution in [2.24, 2.45) is 5.92 Å². The number of likely N-dealkylation sites (tertiary alicyclic amines) is 1. The Morgan fingerprint density at radius 2 is 2.07 bits per heavy atom. The molecule has 9 nitrogen and oxygen atoms in total. The highest BCUT2D eigenvalue weighted by Crippen LogP contribution is 2.35. The maximum absolute atomic E-state index is 12.0. The number of hydrogen-bond donors (Lipinski definition) is 1. The van der Waals surface area contributed by atoms with E-state index in [1.54, 1.807) is 11.6 Å². The lowest BCUT2D eigenvalue weighted by Crippen LogP contribution is -2.31. The Bertz CT molecular complexity index is 1090. The first-order valence-electron chi connectivity index (χ1n) is 10.2. The Morgan fingerprint density at radius 3 is 2.83 bits per heavy atom. The number of ether oxygens (including phenoxy) is 2. The van der Waals surface area contributed by atoms with Gasteiger partial charge in [0.15, 0.2) is 5.82 Å². The van der Waals surface area contributed by atoms with Crippen LogP contribution >= 0.6 is 0 Å². The molecule has 158 valence electrons. The Kier molecular flexibility index (Phi) is 4.71. The molecule has 3 aromatic rings. The molecule has 1 amide bonds. The SMILES string of the molecule is CO[C@@H]1CN(C)C[C@@H]1Oc1noc(C)c1-c1ccn2nc(NC(=O)C3CC3)cc2c1. The van der Waals surface area contributed by atoms with Gasteiger partial charge in [-0.1, -0.05) is 0 Å². The van der Waals surface area contributed by atoms with Gasteiger partial charge in [0.05, 0.1) is 11.1 Å². The van der Waals surface area contributed by atoms with E-state index in [-0.39, 0.29) is 24.0 Å². The van der Waals surface area contributed by atoms with E-state index in [0.717, 1.165) is 42.6 Å². The molecule has 1 N–H and O–H groups in total. The minimum absolute atomic E-state index is 0.0187. The first-order chi connectivity index (χ1) is 14.5. The van der Waals surface area contributed by atoms with Crippen molar-refractivity contribution in [1.82, 2.24) is 19.7 Å². The number of rotatable bonds is 6. The summed E-state index contributed by atoms with van der Waals surface area (Å²) in [5.74, 6) is 1.87. The van der Waals surface area contributed by atoms with Crippen LogP contribution in [0.4, 0.5) is 5.82 Å². The third-order valence-corrected chi connectivity index (χ3v) is 5.75. The highest BCUT2D eigenvalue weighted by Gasteiger charge is 2.34. The summed E-state index contributed by atoms with van der Waals surface area (Å²) in [7, 11) is 3.74. The Hall–Kier alpha value is -2.91. The minimum atomic E-state index is -0.119. The number of methoxy groups -OCH3 is 1. The summed E-state index contributed by atoms with van der Waals surface area (Å²) in [6, 6.07) is 5.79. The molecule has 1 aliphatic heterocycles. The molecule has 2 atom stereocenters. The number of nitrogens with one attached hydrogen (secondary N) is 1. The van der Waals surface area contributed by atoms with Gasteiger partial charge < -0.3 is 19.3 Å². The molecule has 1 saturated carbocycles. The topological polar surface area (TPSA) is 94.1 Å². The van der Waals surface area contributed by atoms with Crippen molar-refractivity contribution in [2.45, 2.75) is 32.0 Å². The molecule has 0 aromatic carbocycles. The van der Waals surface area contributed by atoms with Crippen LogP contribution in [-0.2, 0) is 9.53 Å². The maximum Gasteiger partial charge on any atom is 0.262 e. The average molecular weight is 411 g/mol. The highest BCUT2D eigenvalue weighted by molar-refractivity contribution is 5.93. The zero-order valence-electron chi connectivity index (χ0n) is 17.3. The smallest absolute Gasteiger partial charge is 0.262 e. The van der Waals surface area contributed by atoms with Crippen LogP contribution in [0.25, 0.3) is 16.6 Å². The van der Waals surface area contributed by atoms with Crippen molar-refractivity contribution in [3.63, 3.8) is 0 Å². The molecule has 3 aromatic heterocycles. The molecule has 2 aliphatic rings. The van der Waals surface area contributed by atoms with Gasteiger partial charge in [0.1, 0.15) is 18.0 Å². The van der Waals surface area contributed by atoms with Gasteiger partial charge in [-0.3, -0.25) is 9.69 Å². The van der Waals surface area contributed by atoms with E-state index in [0.29, 0.717) is 17.5 Å². The summed E-state index contributed by atoms with van der Waals surface area (Å²) in [5.41, 5.74) is 2.59. The van der Waals surface area contributed by atoms with Gasteiger partial charge in [0, 0.05) is 38.4 Å². The Labute approximate surface area is 173 Å². The van der Waals surface area contributed by atoms with Crippen LogP contribution in [0.5, 0.6) is 5.88 Å². The lowest BCUT2D eigenvalue weighted by molar-refractivity contribution is -0.117. The van der Waals surface area contributed by atoms with Crippen molar-refractivity contribution < 1.29 is 18.8 Å². The molecule has 5 rings (SSSR count). The second-order valence-electron chi connectivity index (χ2n) is 8.15. The molecule has 0 spiro atoms. The largest absolute Gasteiger partial charge is 0.468 e. The zero-order chi connectivity index (χ0) is 20.8. The van der Waals surface area contributed by atoms with Crippen molar-refractivity contribution in [3.05, 3.63) is 30.2 Å². The minimum Gasteiger partial charge on any atom is -0.468 e. The molecule has 0 radical (unpaired) electrons. The van der Waals surface area contributed by atoms with Gasteiger partial charge in [-0.25, -0.2) is 4.52 Å². The number of carbonyl (C=O) groups excluding carboxylic acids is 1. The highest BCUT2D eigenvalue weighted by atomic mass is 16.6. The third kappa shape index (κ3) is 3.54. The van der Waals surface area contributed by atoms with E-state index in [9.17, 15) is 4.79 Å². The van der Waals surface area contributed by atoms with E-state index in [4.69, 9.17) is 14.0 Å². The van der Waals surface area contributed by atoms with Gasteiger partial charge in [-0.2, -0.15) is 5.10 Å². The Balaban J connectivity index is 1.42. The number of hydrogen-bond acceptors (Lipinski definition) is 7. The zero-order valence-corrected chi connectivity index (χ0v) is 17.3. The van der Waals surface area contributed by atoms with E-state index in [1.807, 2.05) is 38.4 Å². The molecule has 4 heterocycles. The monoisotopic (exact) mass is 411 g/mol. The van der Waals surface area contributed by atoms with Crippen LogP contribution in [0.2, 0.25) is 0 Å². The number of aromatic nitrogens is 3. The van der Waals surface area contributed by atoms with Crippen LogP contribution in [0.1, 0.15) is 18.6 Å². The fraction of sp³-hybridized carbons (Fsp3) is 0.476. The van der Waals surface area contributed by atoms with E-state index in [2.05, 4.69) is 20.5 Å². The fourth-order valence-corrected chi connectivity index (χ4v) is 3.95. The standard InChI is InChI=1S/C21H25N5O4/c1-12-19(21(24-30-12)29-17-11-25(2)10-16(17)28-3)14-6-7-26-15(8-14)9-18(23-26)22-20(27)13-4-5-13/h6-9,13,16-17H,4-5,10-11H2,1-3H3,(H,22,23,27)/t16-,17+/m1/s1. The first kappa shape index (κ1) is 19.1. The van der Waals surface area contributed by atoms with Gasteiger partial charge >= 0.3 is 0 Å². The number of nitrogens with zero attached hydrogens (tertiary/aromatic N) is 4. The molecule has 0 unspecified atom stereocenters. The number of amides is 1. The average Bonchev–Trinajstić information content (AvgIpc) is 3.28. The Morgan fingerprint density at radius 1 is 1.27 bits per heavy atom. The maximum atomic E-state index is 12.0. The normalized spacial score (nSPS) is 22.0. The van der Waals surface area contributed by atoms with Crippen molar-refractivity contribution in [2.75, 3.05) is 32.6 Å². The molecular formula is C21H25N5O4. The summed E-state index contributed by atoms with van der Waals surface area (Å²) in [4.78, 5) is 14.2. The molecule has 30 heavy (non-hydrogen) atoms. The third-order valence-electron chi connectivity index (χ3n) is 5.75. The molecule has 0 bridgehead atoms. The summed E-state index contributed by atoms with van der Waals surface area (Å²) < 4.78 is 19.0. The van der Waals surface area contributed by atoms with E-state index < -0.39 is 0 Å². The van der Waals surface area contributed by atoms with Gasteiger partial charge in [0.2, 0.25) is 5.91 Å². The number of pyridine rings is 1. The number of carbonyl (C=O) groups is 1. The van der Waals surface area contributed by atoms with Gasteiger partial charge in [-0.15, -0.1) is 0 Å². The van der Waals surface area contributed by atoms with Crippen LogP contribution in [0.3, 0.4) is 0 Å². The molecule has 1 aliphatic carbocycles. The quantitative estimate of drug-likeness (QED) is 0.665. The lowest BCUT2D eigenvalue weighted by atomic mass is 10.1. The number of anilines is 1. The fourth-order valence-electron chi connectivity index (χ4n) is 3.95. The van der Waals surface area contributed by atoms with Crippen LogP contribution in [-0.4, -0.2) is 65.0 Å². The van der Waals surface area contributed by atoms with Crippen molar-refractivity contribution in [1.29, 1.82) is 0 Å². The number of likely N-dealkylation sites (N-methyl/N-ethyl adjacent to an activating group) is 1. The summed E-state index contributed by atoms with van der Waals surface area (Å²) in [6.45, 7) is 3.44.